The summed E-state index contributed by atoms with van der Waals surface area (Å²) in [5, 5.41) is 0.811. The Hall–Kier alpha value is -0.570. The molecule has 0 atom stereocenters. The minimum Gasteiger partial charge on any atom is -0.302 e. The number of benzene rings is 1. The lowest BCUT2D eigenvalue weighted by molar-refractivity contribution is 0.0967. The summed E-state index contributed by atoms with van der Waals surface area (Å²) in [4.78, 5) is 14.5. The molecule has 0 spiro atoms. The SMILES string of the molecule is CC1(C)CCN(CCC(=O)c2cccc(Cl)c2Cl)C1. The molecule has 1 aromatic rings. The first-order valence-electron chi connectivity index (χ1n) is 6.59. The van der Waals surface area contributed by atoms with Gasteiger partial charge >= 0.3 is 0 Å². The van der Waals surface area contributed by atoms with E-state index in [0.29, 0.717) is 27.4 Å². The van der Waals surface area contributed by atoms with Gasteiger partial charge in [-0.2, -0.15) is 0 Å². The Morgan fingerprint density at radius 3 is 2.74 bits per heavy atom. The summed E-state index contributed by atoms with van der Waals surface area (Å²) in [5.74, 6) is 0.0669. The van der Waals surface area contributed by atoms with E-state index in [1.165, 1.54) is 6.42 Å². The highest BCUT2D eigenvalue weighted by Crippen LogP contribution is 2.29. The molecule has 0 amide bonds. The number of hydrogen-bond acceptors (Lipinski definition) is 2. The first-order valence-corrected chi connectivity index (χ1v) is 7.34. The van der Waals surface area contributed by atoms with Gasteiger partial charge in [-0.25, -0.2) is 0 Å². The van der Waals surface area contributed by atoms with E-state index in [4.69, 9.17) is 23.2 Å². The van der Waals surface area contributed by atoms with E-state index in [1.807, 2.05) is 0 Å². The molecule has 1 heterocycles. The molecule has 1 aromatic carbocycles. The van der Waals surface area contributed by atoms with Gasteiger partial charge < -0.3 is 4.90 Å². The van der Waals surface area contributed by atoms with Crippen molar-refractivity contribution in [3.63, 3.8) is 0 Å². The first-order chi connectivity index (χ1) is 8.89. The van der Waals surface area contributed by atoms with Gasteiger partial charge in [0.2, 0.25) is 0 Å². The fourth-order valence-electron chi connectivity index (χ4n) is 2.53. The number of ketones is 1. The van der Waals surface area contributed by atoms with Crippen LogP contribution < -0.4 is 0 Å². The zero-order valence-corrected chi connectivity index (χ0v) is 12.9. The maximum atomic E-state index is 12.2. The van der Waals surface area contributed by atoms with Crippen LogP contribution in [0.25, 0.3) is 0 Å². The molecule has 104 valence electrons. The molecule has 1 aliphatic rings. The highest BCUT2D eigenvalue weighted by molar-refractivity contribution is 6.43. The van der Waals surface area contributed by atoms with E-state index in [2.05, 4.69) is 18.7 Å². The van der Waals surface area contributed by atoms with E-state index in [1.54, 1.807) is 18.2 Å². The Bertz CT molecular complexity index is 485. The first kappa shape index (κ1) is 14.8. The molecule has 0 radical (unpaired) electrons. The number of nitrogens with zero attached hydrogens (tertiary/aromatic N) is 1. The van der Waals surface area contributed by atoms with Crippen molar-refractivity contribution < 1.29 is 4.79 Å². The van der Waals surface area contributed by atoms with Crippen molar-refractivity contribution in [3.05, 3.63) is 33.8 Å². The number of hydrogen-bond donors (Lipinski definition) is 0. The lowest BCUT2D eigenvalue weighted by Crippen LogP contribution is -2.26. The molecule has 0 saturated carbocycles. The van der Waals surface area contributed by atoms with Crippen molar-refractivity contribution in [2.75, 3.05) is 19.6 Å². The zero-order valence-electron chi connectivity index (χ0n) is 11.4. The van der Waals surface area contributed by atoms with Crippen LogP contribution in [-0.2, 0) is 0 Å². The van der Waals surface area contributed by atoms with Crippen molar-refractivity contribution in [1.29, 1.82) is 0 Å². The van der Waals surface area contributed by atoms with Crippen LogP contribution in [0, 0.1) is 5.41 Å². The highest BCUT2D eigenvalue weighted by atomic mass is 35.5. The lowest BCUT2D eigenvalue weighted by Gasteiger charge is -2.19. The Labute approximate surface area is 124 Å². The molecule has 1 aliphatic heterocycles. The van der Waals surface area contributed by atoms with Gasteiger partial charge in [-0.05, 0) is 30.5 Å². The second-order valence-corrected chi connectivity index (χ2v) is 6.75. The van der Waals surface area contributed by atoms with Crippen molar-refractivity contribution in [2.45, 2.75) is 26.7 Å². The summed E-state index contributed by atoms with van der Waals surface area (Å²) >= 11 is 12.0. The van der Waals surface area contributed by atoms with Crippen molar-refractivity contribution in [2.24, 2.45) is 5.41 Å². The van der Waals surface area contributed by atoms with E-state index in [-0.39, 0.29) is 5.78 Å². The van der Waals surface area contributed by atoms with Crippen LogP contribution in [0.15, 0.2) is 18.2 Å². The second-order valence-electron chi connectivity index (χ2n) is 5.96. The number of halogens is 2. The molecule has 0 N–H and O–H groups in total. The monoisotopic (exact) mass is 299 g/mol. The van der Waals surface area contributed by atoms with E-state index in [9.17, 15) is 4.79 Å². The second kappa shape index (κ2) is 5.82. The maximum Gasteiger partial charge on any atom is 0.165 e. The van der Waals surface area contributed by atoms with E-state index in [0.717, 1.165) is 19.6 Å². The van der Waals surface area contributed by atoms with Gasteiger partial charge in [0.15, 0.2) is 5.78 Å². The van der Waals surface area contributed by atoms with Gasteiger partial charge in [-0.1, -0.05) is 43.1 Å². The summed E-state index contributed by atoms with van der Waals surface area (Å²) < 4.78 is 0. The Kier molecular flexibility index (Phi) is 4.54. The molecule has 0 unspecified atom stereocenters. The molecule has 4 heteroatoms. The van der Waals surface area contributed by atoms with Crippen LogP contribution in [-0.4, -0.2) is 30.3 Å². The molecule has 1 fully saturated rings. The third kappa shape index (κ3) is 3.71. The summed E-state index contributed by atoms with van der Waals surface area (Å²) in [6.45, 7) is 7.46. The largest absolute Gasteiger partial charge is 0.302 e. The van der Waals surface area contributed by atoms with Gasteiger partial charge in [0.1, 0.15) is 0 Å². The number of likely N-dealkylation sites (tertiary alicyclic amines) is 1. The standard InChI is InChI=1S/C15H19Cl2NO/c1-15(2)7-9-18(10-15)8-6-13(19)11-4-3-5-12(16)14(11)17/h3-5H,6-10H2,1-2H3. The minimum atomic E-state index is 0.0669. The van der Waals surface area contributed by atoms with Crippen molar-refractivity contribution in [3.8, 4) is 0 Å². The number of Topliss-reactive ketones (excluding diaryl/α,β-unsaturated/α-hetero) is 1. The van der Waals surface area contributed by atoms with E-state index < -0.39 is 0 Å². The van der Waals surface area contributed by atoms with Crippen molar-refractivity contribution >= 4 is 29.0 Å². The normalized spacial score (nSPS) is 18.7. The van der Waals surface area contributed by atoms with Gasteiger partial charge in [0.25, 0.3) is 0 Å². The zero-order chi connectivity index (χ0) is 14.0. The smallest absolute Gasteiger partial charge is 0.165 e. The third-order valence-corrected chi connectivity index (χ3v) is 4.48. The quantitative estimate of drug-likeness (QED) is 0.773. The fourth-order valence-corrected chi connectivity index (χ4v) is 2.93. The summed E-state index contributed by atoms with van der Waals surface area (Å²) in [6.07, 6.45) is 1.69. The van der Waals surface area contributed by atoms with Gasteiger partial charge in [0.05, 0.1) is 10.0 Å². The van der Waals surface area contributed by atoms with Crippen LogP contribution in [0.5, 0.6) is 0 Å². The predicted octanol–water partition coefficient (Wildman–Crippen LogP) is 4.30. The Balaban J connectivity index is 1.93. The Morgan fingerprint density at radius 1 is 1.37 bits per heavy atom. The molecule has 2 rings (SSSR count). The molecular formula is C15H19Cl2NO. The molecule has 2 nitrogen and oxygen atoms in total. The van der Waals surface area contributed by atoms with Crippen molar-refractivity contribution in [1.82, 2.24) is 4.90 Å². The molecule has 19 heavy (non-hydrogen) atoms. The van der Waals surface area contributed by atoms with Gasteiger partial charge in [-0.15, -0.1) is 0 Å². The van der Waals surface area contributed by atoms with Crippen LogP contribution in [0.4, 0.5) is 0 Å². The van der Waals surface area contributed by atoms with Crippen LogP contribution in [0.1, 0.15) is 37.0 Å². The molecule has 0 aromatic heterocycles. The predicted molar refractivity (Wildman–Crippen MR) is 80.2 cm³/mol. The van der Waals surface area contributed by atoms with Crippen LogP contribution >= 0.6 is 23.2 Å². The highest BCUT2D eigenvalue weighted by Gasteiger charge is 2.29. The topological polar surface area (TPSA) is 20.3 Å². The molecular weight excluding hydrogens is 281 g/mol. The van der Waals surface area contributed by atoms with E-state index >= 15 is 0 Å². The fraction of sp³-hybridized carbons (Fsp3) is 0.533. The molecule has 1 saturated heterocycles. The molecule has 0 bridgehead atoms. The van der Waals surface area contributed by atoms with Crippen LogP contribution in [0.2, 0.25) is 10.0 Å². The number of carbonyl (C=O) groups is 1. The summed E-state index contributed by atoms with van der Waals surface area (Å²) in [7, 11) is 0. The number of rotatable bonds is 4. The van der Waals surface area contributed by atoms with Gasteiger partial charge in [0, 0.05) is 25.1 Å². The summed E-state index contributed by atoms with van der Waals surface area (Å²) in [6, 6.07) is 5.20. The van der Waals surface area contributed by atoms with Gasteiger partial charge in [-0.3, -0.25) is 4.79 Å². The average molecular weight is 300 g/mol. The minimum absolute atomic E-state index is 0.0669. The maximum absolute atomic E-state index is 12.2. The molecule has 0 aliphatic carbocycles. The van der Waals surface area contributed by atoms with Crippen LogP contribution in [0.3, 0.4) is 0 Å². The third-order valence-electron chi connectivity index (χ3n) is 3.66. The number of carbonyl (C=O) groups excluding carboxylic acids is 1. The Morgan fingerprint density at radius 2 is 2.11 bits per heavy atom. The summed E-state index contributed by atoms with van der Waals surface area (Å²) in [5.41, 5.74) is 0.907. The lowest BCUT2D eigenvalue weighted by atomic mass is 9.93. The average Bonchev–Trinajstić information content (AvgIpc) is 2.69.